The molecule has 1 rings (SSSR count). The van der Waals surface area contributed by atoms with Gasteiger partial charge < -0.3 is 11.1 Å². The Morgan fingerprint density at radius 3 is 2.64 bits per heavy atom. The molecule has 11 heavy (non-hydrogen) atoms. The number of hydrogen-bond donors (Lipinski definition) is 2. The van der Waals surface area contributed by atoms with Gasteiger partial charge in [0.15, 0.2) is 5.78 Å². The van der Waals surface area contributed by atoms with Crippen LogP contribution in [0.1, 0.15) is 6.92 Å². The molecule has 3 N–H and O–H groups in total. The number of nitrogens with one attached hydrogen (secondary N) is 1. The molecule has 0 saturated heterocycles. The van der Waals surface area contributed by atoms with E-state index in [4.69, 9.17) is 11.1 Å². The fourth-order valence-electron chi connectivity index (χ4n) is 0.885. The van der Waals surface area contributed by atoms with Crippen molar-refractivity contribution in [1.29, 1.82) is 5.41 Å². The SMILES string of the molecule is CC1C(=N)C(=O)C=C(N)C1=O. The van der Waals surface area contributed by atoms with Crippen molar-refractivity contribution in [3.8, 4) is 0 Å². The van der Waals surface area contributed by atoms with Crippen LogP contribution < -0.4 is 5.73 Å². The largest absolute Gasteiger partial charge is 0.396 e. The standard InChI is InChI=1S/C7H8N2O2/c1-3-6(9)5(10)2-4(8)7(3)11/h2-3,9H,8H2,1H3. The molecule has 0 radical (unpaired) electrons. The van der Waals surface area contributed by atoms with E-state index in [0.717, 1.165) is 6.08 Å². The second-order valence-corrected chi connectivity index (χ2v) is 2.46. The Morgan fingerprint density at radius 2 is 2.09 bits per heavy atom. The van der Waals surface area contributed by atoms with Gasteiger partial charge in [-0.1, -0.05) is 0 Å². The Hall–Kier alpha value is -1.45. The monoisotopic (exact) mass is 152 g/mol. The number of rotatable bonds is 0. The summed E-state index contributed by atoms with van der Waals surface area (Å²) in [6, 6.07) is 0. The summed E-state index contributed by atoms with van der Waals surface area (Å²) in [5.74, 6) is -1.48. The van der Waals surface area contributed by atoms with Crippen LogP contribution in [0.3, 0.4) is 0 Å². The van der Waals surface area contributed by atoms with Gasteiger partial charge in [-0.05, 0) is 6.92 Å². The van der Waals surface area contributed by atoms with Gasteiger partial charge >= 0.3 is 0 Å². The Kier molecular flexibility index (Phi) is 1.60. The Labute approximate surface area is 63.6 Å². The van der Waals surface area contributed by atoms with Gasteiger partial charge in [0.05, 0.1) is 17.3 Å². The lowest BCUT2D eigenvalue weighted by Gasteiger charge is -2.14. The summed E-state index contributed by atoms with van der Waals surface area (Å²) in [5.41, 5.74) is 5.00. The van der Waals surface area contributed by atoms with Gasteiger partial charge in [0, 0.05) is 6.08 Å². The van der Waals surface area contributed by atoms with E-state index in [0.29, 0.717) is 0 Å². The molecule has 58 valence electrons. The lowest BCUT2D eigenvalue weighted by molar-refractivity contribution is -0.119. The van der Waals surface area contributed by atoms with Crippen LogP contribution in [-0.2, 0) is 9.59 Å². The highest BCUT2D eigenvalue weighted by Gasteiger charge is 2.29. The molecule has 0 spiro atoms. The zero-order chi connectivity index (χ0) is 8.59. The quantitative estimate of drug-likeness (QED) is 0.497. The van der Waals surface area contributed by atoms with E-state index >= 15 is 0 Å². The summed E-state index contributed by atoms with van der Waals surface area (Å²) in [4.78, 5) is 21.8. The highest BCUT2D eigenvalue weighted by molar-refractivity contribution is 6.49. The van der Waals surface area contributed by atoms with Crippen LogP contribution in [0.15, 0.2) is 11.8 Å². The predicted octanol–water partition coefficient (Wildman–Crippen LogP) is -0.363. The van der Waals surface area contributed by atoms with Gasteiger partial charge in [-0.2, -0.15) is 0 Å². The number of nitrogens with two attached hydrogens (primary N) is 1. The highest BCUT2D eigenvalue weighted by Crippen LogP contribution is 2.11. The second kappa shape index (κ2) is 2.30. The molecule has 0 aromatic rings. The maximum absolute atomic E-state index is 11.0. The molecular weight excluding hydrogens is 144 g/mol. The fourth-order valence-corrected chi connectivity index (χ4v) is 0.885. The van der Waals surface area contributed by atoms with Crippen molar-refractivity contribution in [3.63, 3.8) is 0 Å². The van der Waals surface area contributed by atoms with E-state index in [2.05, 4.69) is 0 Å². The molecule has 0 aromatic carbocycles. The number of carbonyl (C=O) groups excluding carboxylic acids is 2. The summed E-state index contributed by atoms with van der Waals surface area (Å²) in [6.07, 6.45) is 1.00. The number of ketones is 2. The first-order valence-electron chi connectivity index (χ1n) is 3.18. The van der Waals surface area contributed by atoms with E-state index in [1.54, 1.807) is 0 Å². The minimum atomic E-state index is -0.674. The molecule has 0 aliphatic heterocycles. The lowest BCUT2D eigenvalue weighted by atomic mass is 9.90. The van der Waals surface area contributed by atoms with Crippen molar-refractivity contribution < 1.29 is 9.59 Å². The molecule has 0 saturated carbocycles. The van der Waals surface area contributed by atoms with Gasteiger partial charge in [0.2, 0.25) is 5.78 Å². The molecule has 0 heterocycles. The summed E-state index contributed by atoms with van der Waals surface area (Å²) in [7, 11) is 0. The maximum Gasteiger partial charge on any atom is 0.202 e. The van der Waals surface area contributed by atoms with Gasteiger partial charge in [-0.3, -0.25) is 9.59 Å². The maximum atomic E-state index is 11.0. The van der Waals surface area contributed by atoms with E-state index in [1.807, 2.05) is 0 Å². The van der Waals surface area contributed by atoms with E-state index in [9.17, 15) is 9.59 Å². The Bertz CT molecular complexity index is 278. The lowest BCUT2D eigenvalue weighted by Crippen LogP contribution is -2.35. The number of hydrogen-bond acceptors (Lipinski definition) is 4. The smallest absolute Gasteiger partial charge is 0.202 e. The first kappa shape index (κ1) is 7.65. The summed E-state index contributed by atoms with van der Waals surface area (Å²) in [6.45, 7) is 1.50. The van der Waals surface area contributed by atoms with Crippen molar-refractivity contribution in [1.82, 2.24) is 0 Å². The fraction of sp³-hybridized carbons (Fsp3) is 0.286. The summed E-state index contributed by atoms with van der Waals surface area (Å²) in [5, 5.41) is 7.15. The van der Waals surface area contributed by atoms with Gasteiger partial charge in [0.1, 0.15) is 0 Å². The Balaban J connectivity index is 3.11. The topological polar surface area (TPSA) is 84.0 Å². The molecular formula is C7H8N2O2. The predicted molar refractivity (Wildman–Crippen MR) is 39.2 cm³/mol. The molecule has 1 aliphatic rings. The third kappa shape index (κ3) is 1.07. The van der Waals surface area contributed by atoms with Crippen molar-refractivity contribution in [2.75, 3.05) is 0 Å². The minimum absolute atomic E-state index is 0.0431. The third-order valence-electron chi connectivity index (χ3n) is 1.66. The van der Waals surface area contributed by atoms with Crippen LogP contribution in [0.2, 0.25) is 0 Å². The van der Waals surface area contributed by atoms with Gasteiger partial charge in [-0.15, -0.1) is 0 Å². The molecule has 1 atom stereocenters. The van der Waals surface area contributed by atoms with Crippen LogP contribution in [0.4, 0.5) is 0 Å². The minimum Gasteiger partial charge on any atom is -0.396 e. The molecule has 4 nitrogen and oxygen atoms in total. The average molecular weight is 152 g/mol. The van der Waals surface area contributed by atoms with Crippen LogP contribution in [0.25, 0.3) is 0 Å². The molecule has 1 aliphatic carbocycles. The van der Waals surface area contributed by atoms with E-state index in [1.165, 1.54) is 6.92 Å². The van der Waals surface area contributed by atoms with E-state index in [-0.39, 0.29) is 17.2 Å². The summed E-state index contributed by atoms with van der Waals surface area (Å²) >= 11 is 0. The van der Waals surface area contributed by atoms with E-state index < -0.39 is 11.7 Å². The third-order valence-corrected chi connectivity index (χ3v) is 1.66. The van der Waals surface area contributed by atoms with Crippen molar-refractivity contribution in [2.24, 2.45) is 11.7 Å². The zero-order valence-electron chi connectivity index (χ0n) is 6.05. The summed E-state index contributed by atoms with van der Waals surface area (Å²) < 4.78 is 0. The molecule has 0 amide bonds. The first-order chi connectivity index (χ1) is 5.04. The highest BCUT2D eigenvalue weighted by atomic mass is 16.1. The first-order valence-corrected chi connectivity index (χ1v) is 3.18. The second-order valence-electron chi connectivity index (χ2n) is 2.46. The molecule has 1 unspecified atom stereocenters. The van der Waals surface area contributed by atoms with Crippen LogP contribution in [0, 0.1) is 11.3 Å². The molecule has 4 heteroatoms. The van der Waals surface area contributed by atoms with Crippen LogP contribution in [-0.4, -0.2) is 17.3 Å². The van der Waals surface area contributed by atoms with Crippen LogP contribution >= 0.6 is 0 Å². The van der Waals surface area contributed by atoms with Crippen molar-refractivity contribution in [2.45, 2.75) is 6.92 Å². The normalized spacial score (nSPS) is 25.4. The molecule has 0 fully saturated rings. The van der Waals surface area contributed by atoms with Crippen molar-refractivity contribution >= 4 is 17.3 Å². The molecule has 0 aromatic heterocycles. The van der Waals surface area contributed by atoms with Gasteiger partial charge in [0.25, 0.3) is 0 Å². The average Bonchev–Trinajstić information content (AvgIpc) is 1.97. The van der Waals surface area contributed by atoms with Gasteiger partial charge in [-0.25, -0.2) is 0 Å². The number of Topliss-reactive ketones (excluding diaryl/α,β-unsaturated/α-hetero) is 1. The zero-order valence-corrected chi connectivity index (χ0v) is 6.05. The van der Waals surface area contributed by atoms with Crippen LogP contribution in [0.5, 0.6) is 0 Å². The molecule has 0 bridgehead atoms. The number of carbonyl (C=O) groups is 2. The number of allylic oxidation sites excluding steroid dienone is 2. The Morgan fingerprint density at radius 1 is 1.55 bits per heavy atom. The van der Waals surface area contributed by atoms with Crippen molar-refractivity contribution in [3.05, 3.63) is 11.8 Å².